The highest BCUT2D eigenvalue weighted by molar-refractivity contribution is 5.40. The number of imidazole rings is 1. The molecule has 0 saturated carbocycles. The van der Waals surface area contributed by atoms with E-state index in [9.17, 15) is 0 Å². The predicted molar refractivity (Wildman–Crippen MR) is 51.9 cm³/mol. The molecule has 0 aliphatic carbocycles. The van der Waals surface area contributed by atoms with Crippen LogP contribution in [0.2, 0.25) is 0 Å². The largest absolute Gasteiger partial charge is 0.328 e. The van der Waals surface area contributed by atoms with E-state index >= 15 is 0 Å². The van der Waals surface area contributed by atoms with Crippen molar-refractivity contribution in [2.45, 2.75) is 32.7 Å². The van der Waals surface area contributed by atoms with E-state index < -0.39 is 0 Å². The molecule has 66 valence electrons. The second-order valence-electron chi connectivity index (χ2n) is 2.90. The van der Waals surface area contributed by atoms with Crippen molar-refractivity contribution in [1.82, 2.24) is 9.55 Å². The number of hydrogen-bond acceptors (Lipinski definition) is 1. The molecule has 0 N–H and O–H groups in total. The Hall–Kier alpha value is -1.05. The number of hydrogen-bond donors (Lipinski definition) is 0. The first-order valence-electron chi connectivity index (χ1n) is 4.47. The average molecular weight is 164 g/mol. The quantitative estimate of drug-likeness (QED) is 0.669. The highest BCUT2D eigenvalue weighted by Gasteiger charge is 2.07. The van der Waals surface area contributed by atoms with Crippen molar-refractivity contribution in [1.29, 1.82) is 0 Å². The van der Waals surface area contributed by atoms with Gasteiger partial charge in [0.05, 0.1) is 18.2 Å². The first kappa shape index (κ1) is 9.04. The van der Waals surface area contributed by atoms with Gasteiger partial charge in [-0.1, -0.05) is 20.4 Å². The van der Waals surface area contributed by atoms with Crippen LogP contribution in [-0.4, -0.2) is 9.55 Å². The van der Waals surface area contributed by atoms with Gasteiger partial charge in [0.15, 0.2) is 0 Å². The Morgan fingerprint density at radius 2 is 2.25 bits per heavy atom. The fraction of sp³-hybridized carbons (Fsp3) is 0.500. The molecule has 0 radical (unpaired) electrons. The minimum atomic E-state index is 0.570. The summed E-state index contributed by atoms with van der Waals surface area (Å²) in [4.78, 5) is 4.10. The normalized spacial score (nSPS) is 10.6. The maximum atomic E-state index is 4.10. The van der Waals surface area contributed by atoms with Gasteiger partial charge in [0.1, 0.15) is 0 Å². The molecule has 0 bridgehead atoms. The Labute approximate surface area is 73.9 Å². The summed E-state index contributed by atoms with van der Waals surface area (Å²) < 4.78 is 2.19. The van der Waals surface area contributed by atoms with Crippen molar-refractivity contribution in [3.63, 3.8) is 0 Å². The van der Waals surface area contributed by atoms with E-state index in [4.69, 9.17) is 0 Å². The van der Waals surface area contributed by atoms with E-state index in [0.29, 0.717) is 6.04 Å². The molecule has 0 fully saturated rings. The van der Waals surface area contributed by atoms with E-state index in [1.807, 2.05) is 18.6 Å². The number of rotatable bonds is 4. The maximum absolute atomic E-state index is 4.10. The molecule has 0 atom stereocenters. The van der Waals surface area contributed by atoms with Gasteiger partial charge in [0.2, 0.25) is 0 Å². The van der Waals surface area contributed by atoms with Crippen molar-refractivity contribution in [3.05, 3.63) is 24.8 Å². The van der Waals surface area contributed by atoms with Crippen molar-refractivity contribution in [2.75, 3.05) is 0 Å². The molecule has 0 saturated heterocycles. The van der Waals surface area contributed by atoms with Gasteiger partial charge in [0, 0.05) is 6.04 Å². The molecule has 1 rings (SSSR count). The third-order valence-corrected chi connectivity index (χ3v) is 2.24. The first-order valence-corrected chi connectivity index (χ1v) is 4.47. The summed E-state index contributed by atoms with van der Waals surface area (Å²) in [5.41, 5.74) is 1.11. The van der Waals surface area contributed by atoms with E-state index in [2.05, 4.69) is 30.0 Å². The fourth-order valence-electron chi connectivity index (χ4n) is 1.46. The molecule has 12 heavy (non-hydrogen) atoms. The Morgan fingerprint density at radius 1 is 1.58 bits per heavy atom. The summed E-state index contributed by atoms with van der Waals surface area (Å²) in [5, 5.41) is 0. The Kier molecular flexibility index (Phi) is 3.09. The molecule has 0 aromatic carbocycles. The molecule has 0 amide bonds. The van der Waals surface area contributed by atoms with E-state index in [0.717, 1.165) is 18.5 Å². The zero-order valence-corrected chi connectivity index (χ0v) is 7.83. The molecule has 1 aromatic rings. The van der Waals surface area contributed by atoms with Gasteiger partial charge in [0.25, 0.3) is 0 Å². The van der Waals surface area contributed by atoms with Gasteiger partial charge in [-0.05, 0) is 18.9 Å². The highest BCUT2D eigenvalue weighted by Crippen LogP contribution is 2.17. The predicted octanol–water partition coefficient (Wildman–Crippen LogP) is 2.89. The molecule has 0 unspecified atom stereocenters. The summed E-state index contributed by atoms with van der Waals surface area (Å²) in [5.74, 6) is 0. The third kappa shape index (κ3) is 1.58. The molecule has 0 spiro atoms. The minimum absolute atomic E-state index is 0.570. The van der Waals surface area contributed by atoms with E-state index in [1.54, 1.807) is 0 Å². The maximum Gasteiger partial charge on any atom is 0.0953 e. The Bertz CT molecular complexity index is 246. The SMILES string of the molecule is C=Cc1cncn1C(CC)CC. The lowest BCUT2D eigenvalue weighted by Gasteiger charge is -2.15. The van der Waals surface area contributed by atoms with Crippen LogP contribution in [0.15, 0.2) is 19.1 Å². The molecule has 1 heterocycles. The molecular formula is C10H16N2. The zero-order valence-electron chi connectivity index (χ0n) is 7.83. The van der Waals surface area contributed by atoms with Crippen LogP contribution < -0.4 is 0 Å². The average Bonchev–Trinajstić information content (AvgIpc) is 2.55. The van der Waals surface area contributed by atoms with Gasteiger partial charge in [-0.3, -0.25) is 0 Å². The van der Waals surface area contributed by atoms with Crippen molar-refractivity contribution >= 4 is 6.08 Å². The molecule has 0 aliphatic heterocycles. The second-order valence-corrected chi connectivity index (χ2v) is 2.90. The van der Waals surface area contributed by atoms with Gasteiger partial charge in [-0.2, -0.15) is 0 Å². The van der Waals surface area contributed by atoms with E-state index in [-0.39, 0.29) is 0 Å². The summed E-state index contributed by atoms with van der Waals surface area (Å²) in [6.45, 7) is 8.14. The summed E-state index contributed by atoms with van der Waals surface area (Å²) in [6, 6.07) is 0.570. The topological polar surface area (TPSA) is 17.8 Å². The smallest absolute Gasteiger partial charge is 0.0953 e. The van der Waals surface area contributed by atoms with Crippen LogP contribution >= 0.6 is 0 Å². The van der Waals surface area contributed by atoms with Crippen molar-refractivity contribution in [3.8, 4) is 0 Å². The standard InChI is InChI=1S/C10H16N2/c1-4-9(5-2)12-8-11-7-10(12)6-3/h6-9H,3-5H2,1-2H3. The zero-order chi connectivity index (χ0) is 8.97. The second kappa shape index (κ2) is 4.10. The monoisotopic (exact) mass is 164 g/mol. The van der Waals surface area contributed by atoms with Crippen LogP contribution in [0.3, 0.4) is 0 Å². The fourth-order valence-corrected chi connectivity index (χ4v) is 1.46. The van der Waals surface area contributed by atoms with Crippen molar-refractivity contribution in [2.24, 2.45) is 0 Å². The minimum Gasteiger partial charge on any atom is -0.328 e. The van der Waals surface area contributed by atoms with Crippen LogP contribution in [0.5, 0.6) is 0 Å². The lowest BCUT2D eigenvalue weighted by Crippen LogP contribution is -2.06. The number of nitrogens with zero attached hydrogens (tertiary/aromatic N) is 2. The van der Waals surface area contributed by atoms with Gasteiger partial charge in [-0.15, -0.1) is 0 Å². The summed E-state index contributed by atoms with van der Waals surface area (Å²) >= 11 is 0. The van der Waals surface area contributed by atoms with Crippen LogP contribution in [0.4, 0.5) is 0 Å². The van der Waals surface area contributed by atoms with Crippen molar-refractivity contribution < 1.29 is 0 Å². The lowest BCUT2D eigenvalue weighted by atomic mass is 10.1. The van der Waals surface area contributed by atoms with Crippen LogP contribution in [0.1, 0.15) is 38.4 Å². The highest BCUT2D eigenvalue weighted by atomic mass is 15.1. The number of aromatic nitrogens is 2. The molecule has 0 aliphatic rings. The van der Waals surface area contributed by atoms with E-state index in [1.165, 1.54) is 0 Å². The lowest BCUT2D eigenvalue weighted by molar-refractivity contribution is 0.469. The molecular weight excluding hydrogens is 148 g/mol. The third-order valence-electron chi connectivity index (χ3n) is 2.24. The van der Waals surface area contributed by atoms with Gasteiger partial charge < -0.3 is 4.57 Å². The molecule has 2 heteroatoms. The van der Waals surface area contributed by atoms with Crippen LogP contribution in [-0.2, 0) is 0 Å². The summed E-state index contributed by atoms with van der Waals surface area (Å²) in [7, 11) is 0. The van der Waals surface area contributed by atoms with Crippen LogP contribution in [0.25, 0.3) is 6.08 Å². The first-order chi connectivity index (χ1) is 5.83. The Morgan fingerprint density at radius 3 is 2.75 bits per heavy atom. The van der Waals surface area contributed by atoms with Gasteiger partial charge in [-0.25, -0.2) is 4.98 Å². The molecule has 2 nitrogen and oxygen atoms in total. The van der Waals surface area contributed by atoms with Gasteiger partial charge >= 0.3 is 0 Å². The molecule has 1 aromatic heterocycles. The Balaban J connectivity index is 2.90. The van der Waals surface area contributed by atoms with Crippen LogP contribution in [0, 0.1) is 0 Å². The summed E-state index contributed by atoms with van der Waals surface area (Å²) in [6.07, 6.45) is 7.88.